The first-order valence-corrected chi connectivity index (χ1v) is 7.73. The lowest BCUT2D eigenvalue weighted by Crippen LogP contribution is -2.49. The van der Waals surface area contributed by atoms with Crippen LogP contribution >= 0.6 is 15.9 Å². The maximum atomic E-state index is 6.03. The maximum Gasteiger partial charge on any atom is 0.0927 e. The second kappa shape index (κ2) is 6.35. The largest absolute Gasteiger partial charge is 0.373 e. The van der Waals surface area contributed by atoms with E-state index in [1.807, 2.05) is 10.9 Å². The van der Waals surface area contributed by atoms with Crippen LogP contribution < -0.4 is 11.3 Å². The number of ether oxygens (including phenoxy) is 1. The van der Waals surface area contributed by atoms with E-state index >= 15 is 0 Å². The third-order valence-electron chi connectivity index (χ3n) is 3.82. The van der Waals surface area contributed by atoms with Gasteiger partial charge in [-0.05, 0) is 48.5 Å². The predicted octanol–water partition coefficient (Wildman–Crippen LogP) is 2.52. The van der Waals surface area contributed by atoms with Crippen LogP contribution in [0.4, 0.5) is 0 Å². The molecular formula is C13H23BrN4O. The van der Waals surface area contributed by atoms with Crippen molar-refractivity contribution in [1.29, 1.82) is 0 Å². The van der Waals surface area contributed by atoms with E-state index in [4.69, 9.17) is 10.6 Å². The molecule has 0 aromatic carbocycles. The molecule has 2 atom stereocenters. The number of aryl methyl sites for hydroxylation is 1. The molecule has 0 amide bonds. The van der Waals surface area contributed by atoms with Gasteiger partial charge in [-0.1, -0.05) is 6.92 Å². The molecule has 2 unspecified atom stereocenters. The third kappa shape index (κ3) is 3.02. The summed E-state index contributed by atoms with van der Waals surface area (Å²) >= 11 is 3.58. The molecule has 0 radical (unpaired) electrons. The van der Waals surface area contributed by atoms with E-state index in [0.717, 1.165) is 42.6 Å². The summed E-state index contributed by atoms with van der Waals surface area (Å²) in [5, 5.41) is 4.42. The average molecular weight is 331 g/mol. The number of rotatable bonds is 5. The van der Waals surface area contributed by atoms with Crippen molar-refractivity contribution in [3.8, 4) is 0 Å². The second-order valence-corrected chi connectivity index (χ2v) is 6.17. The van der Waals surface area contributed by atoms with Crippen LogP contribution in [0.3, 0.4) is 0 Å². The highest BCUT2D eigenvalue weighted by atomic mass is 79.9. The van der Waals surface area contributed by atoms with Crippen LogP contribution in [-0.2, 0) is 11.3 Å². The number of nitrogens with zero attached hydrogens (tertiary/aromatic N) is 2. The van der Waals surface area contributed by atoms with Gasteiger partial charge in [0.15, 0.2) is 0 Å². The second-order valence-electron chi connectivity index (χ2n) is 5.32. The lowest BCUT2D eigenvalue weighted by Gasteiger charge is -2.40. The van der Waals surface area contributed by atoms with Crippen LogP contribution in [-0.4, -0.2) is 22.0 Å². The summed E-state index contributed by atoms with van der Waals surface area (Å²) in [7, 11) is 0. The molecule has 2 rings (SSSR count). The molecule has 1 aliphatic rings. The van der Waals surface area contributed by atoms with Crippen molar-refractivity contribution in [2.75, 3.05) is 6.61 Å². The van der Waals surface area contributed by atoms with Gasteiger partial charge < -0.3 is 4.74 Å². The first-order valence-electron chi connectivity index (χ1n) is 6.93. The number of halogens is 1. The number of hydrogen-bond acceptors (Lipinski definition) is 4. The Morgan fingerprint density at radius 2 is 2.42 bits per heavy atom. The maximum absolute atomic E-state index is 6.03. The zero-order valence-electron chi connectivity index (χ0n) is 11.7. The molecule has 108 valence electrons. The van der Waals surface area contributed by atoms with Crippen LogP contribution in [0.5, 0.6) is 0 Å². The van der Waals surface area contributed by atoms with Crippen molar-refractivity contribution < 1.29 is 4.74 Å². The molecule has 0 bridgehead atoms. The van der Waals surface area contributed by atoms with Crippen molar-refractivity contribution in [3.63, 3.8) is 0 Å². The van der Waals surface area contributed by atoms with E-state index in [9.17, 15) is 0 Å². The summed E-state index contributed by atoms with van der Waals surface area (Å²) in [6, 6.07) is -0.0591. The van der Waals surface area contributed by atoms with E-state index in [0.29, 0.717) is 0 Å². The summed E-state index contributed by atoms with van der Waals surface area (Å²) in [6.45, 7) is 5.96. The molecule has 3 N–H and O–H groups in total. The van der Waals surface area contributed by atoms with Crippen LogP contribution in [0.15, 0.2) is 10.7 Å². The standard InChI is InChI=1S/C13H23BrN4O/c1-3-7-18-11(10(14)9-16-18)12(17-15)13(2)6-4-5-8-19-13/h9,12,17H,3-8,15H2,1-2H3. The van der Waals surface area contributed by atoms with Gasteiger partial charge in [-0.25, -0.2) is 5.43 Å². The van der Waals surface area contributed by atoms with Crippen LogP contribution in [0.1, 0.15) is 51.3 Å². The number of nitrogens with one attached hydrogen (secondary N) is 1. The van der Waals surface area contributed by atoms with E-state index in [-0.39, 0.29) is 11.6 Å². The lowest BCUT2D eigenvalue weighted by atomic mass is 9.86. The Morgan fingerprint density at radius 1 is 1.63 bits per heavy atom. The number of hydrazine groups is 1. The molecule has 1 aromatic heterocycles. The van der Waals surface area contributed by atoms with Gasteiger partial charge in [-0.2, -0.15) is 5.10 Å². The quantitative estimate of drug-likeness (QED) is 0.643. The fraction of sp³-hybridized carbons (Fsp3) is 0.769. The summed E-state index contributed by atoms with van der Waals surface area (Å²) < 4.78 is 9.02. The zero-order valence-corrected chi connectivity index (χ0v) is 13.2. The number of aromatic nitrogens is 2. The molecule has 6 heteroatoms. The predicted molar refractivity (Wildman–Crippen MR) is 78.5 cm³/mol. The van der Waals surface area contributed by atoms with Gasteiger partial charge in [0.1, 0.15) is 0 Å². The Balaban J connectivity index is 2.33. The molecule has 0 saturated carbocycles. The summed E-state index contributed by atoms with van der Waals surface area (Å²) in [5.74, 6) is 5.82. The van der Waals surface area contributed by atoms with Gasteiger partial charge in [0.2, 0.25) is 0 Å². The highest BCUT2D eigenvalue weighted by molar-refractivity contribution is 9.10. The van der Waals surface area contributed by atoms with Gasteiger partial charge in [-0.3, -0.25) is 10.5 Å². The van der Waals surface area contributed by atoms with E-state index in [2.05, 4.69) is 40.3 Å². The lowest BCUT2D eigenvalue weighted by molar-refractivity contribution is -0.0916. The Kier molecular flexibility index (Phi) is 5.00. The minimum absolute atomic E-state index is 0.0591. The highest BCUT2D eigenvalue weighted by Crippen LogP contribution is 2.38. The number of nitrogens with two attached hydrogens (primary N) is 1. The smallest absolute Gasteiger partial charge is 0.0927 e. The fourth-order valence-corrected chi connectivity index (χ4v) is 3.30. The Hall–Kier alpha value is -0.430. The molecule has 5 nitrogen and oxygen atoms in total. The van der Waals surface area contributed by atoms with Gasteiger partial charge in [0, 0.05) is 13.2 Å². The number of hydrogen-bond donors (Lipinski definition) is 2. The fourth-order valence-electron chi connectivity index (χ4n) is 2.78. The molecule has 1 fully saturated rings. The molecule has 2 heterocycles. The van der Waals surface area contributed by atoms with Crippen molar-refractivity contribution in [3.05, 3.63) is 16.4 Å². The summed E-state index contributed by atoms with van der Waals surface area (Å²) in [4.78, 5) is 0. The summed E-state index contributed by atoms with van der Waals surface area (Å²) in [5.41, 5.74) is 3.74. The first-order chi connectivity index (χ1) is 9.12. The normalized spacial score (nSPS) is 25.5. The molecular weight excluding hydrogens is 308 g/mol. The Labute approximate surface area is 123 Å². The van der Waals surface area contributed by atoms with Gasteiger partial charge >= 0.3 is 0 Å². The Morgan fingerprint density at radius 3 is 3.00 bits per heavy atom. The first kappa shape index (κ1) is 15.0. The Bertz CT molecular complexity index is 415. The van der Waals surface area contributed by atoms with Crippen LogP contribution in [0, 0.1) is 0 Å². The third-order valence-corrected chi connectivity index (χ3v) is 4.43. The highest BCUT2D eigenvalue weighted by Gasteiger charge is 2.40. The van der Waals surface area contributed by atoms with Gasteiger partial charge in [0.25, 0.3) is 0 Å². The van der Waals surface area contributed by atoms with Crippen molar-refractivity contribution in [2.45, 2.75) is 57.7 Å². The molecule has 1 aromatic rings. The van der Waals surface area contributed by atoms with Crippen LogP contribution in [0.25, 0.3) is 0 Å². The van der Waals surface area contributed by atoms with Crippen molar-refractivity contribution in [2.24, 2.45) is 5.84 Å². The van der Waals surface area contributed by atoms with Crippen molar-refractivity contribution >= 4 is 15.9 Å². The minimum atomic E-state index is -0.277. The molecule has 1 aliphatic heterocycles. The molecule has 0 spiro atoms. The van der Waals surface area contributed by atoms with Crippen molar-refractivity contribution in [1.82, 2.24) is 15.2 Å². The van der Waals surface area contributed by atoms with E-state index in [1.165, 1.54) is 6.42 Å². The van der Waals surface area contributed by atoms with E-state index in [1.54, 1.807) is 0 Å². The monoisotopic (exact) mass is 330 g/mol. The molecule has 19 heavy (non-hydrogen) atoms. The molecule has 1 saturated heterocycles. The topological polar surface area (TPSA) is 65.1 Å². The summed E-state index contributed by atoms with van der Waals surface area (Å²) in [6.07, 6.45) is 6.18. The SMILES string of the molecule is CCCn1ncc(Br)c1C(NN)C1(C)CCCCO1. The average Bonchev–Trinajstić information content (AvgIpc) is 2.74. The molecule has 0 aliphatic carbocycles. The van der Waals surface area contributed by atoms with Gasteiger partial charge in [-0.15, -0.1) is 0 Å². The zero-order chi connectivity index (χ0) is 13.9. The van der Waals surface area contributed by atoms with Crippen LogP contribution in [0.2, 0.25) is 0 Å². The van der Waals surface area contributed by atoms with E-state index < -0.39 is 0 Å². The minimum Gasteiger partial charge on any atom is -0.373 e. The van der Waals surface area contributed by atoms with Gasteiger partial charge in [0.05, 0.1) is 28.0 Å².